The summed E-state index contributed by atoms with van der Waals surface area (Å²) in [6.45, 7) is 0. The third-order valence-electron chi connectivity index (χ3n) is 6.94. The number of hydrogen-bond donors (Lipinski definition) is 1. The molecule has 4 aromatic rings. The number of hydrogen-bond acceptors (Lipinski definition) is 5. The van der Waals surface area contributed by atoms with Crippen molar-refractivity contribution in [3.05, 3.63) is 126 Å². The number of carbonyl (C=O) groups is 1. The summed E-state index contributed by atoms with van der Waals surface area (Å²) in [5, 5.41) is 0. The molecule has 0 radical (unpaired) electrons. The zero-order valence-corrected chi connectivity index (χ0v) is 22.0. The lowest BCUT2D eigenvalue weighted by atomic mass is 9.80. The van der Waals surface area contributed by atoms with Gasteiger partial charge in [-0.25, -0.2) is 9.79 Å². The molecular weight excluding hydrogens is 538 g/mol. The van der Waals surface area contributed by atoms with Gasteiger partial charge in [0.05, 0.1) is 4.53 Å². The number of amides is 2. The minimum Gasteiger partial charge on any atom is -0.295 e. The van der Waals surface area contributed by atoms with Crippen molar-refractivity contribution >= 4 is 39.4 Å². The largest absolute Gasteiger partial charge is 0.324 e. The van der Waals surface area contributed by atoms with Gasteiger partial charge >= 0.3 is 6.03 Å². The van der Waals surface area contributed by atoms with E-state index < -0.39 is 11.3 Å². The van der Waals surface area contributed by atoms with Gasteiger partial charge in [-0.15, -0.1) is 0 Å². The van der Waals surface area contributed by atoms with Gasteiger partial charge in [-0.1, -0.05) is 100 Å². The van der Waals surface area contributed by atoms with Crippen molar-refractivity contribution in [3.63, 3.8) is 0 Å². The molecule has 1 fully saturated rings. The van der Waals surface area contributed by atoms with Gasteiger partial charge in [0.2, 0.25) is 16.1 Å². The summed E-state index contributed by atoms with van der Waals surface area (Å²) in [5.41, 5.74) is 3.50. The van der Waals surface area contributed by atoms with Crippen molar-refractivity contribution in [2.75, 3.05) is 19.5 Å². The number of nitrogens with zero attached hydrogens (tertiary/aromatic N) is 4. The summed E-state index contributed by atoms with van der Waals surface area (Å²) in [7, 11) is 3.51. The van der Waals surface area contributed by atoms with Crippen LogP contribution in [0, 0.1) is 0 Å². The number of urea groups is 1. The molecule has 1 N–H and O–H groups in total. The lowest BCUT2D eigenvalue weighted by Crippen LogP contribution is -2.67. The maximum Gasteiger partial charge on any atom is 0.324 e. The van der Waals surface area contributed by atoms with Crippen molar-refractivity contribution < 1.29 is 4.79 Å². The second-order valence-corrected chi connectivity index (χ2v) is 10.7. The molecule has 2 amide bonds. The van der Waals surface area contributed by atoms with Gasteiger partial charge in [-0.05, 0) is 23.8 Å². The molecule has 2 atom stereocenters. The second kappa shape index (κ2) is 8.18. The van der Waals surface area contributed by atoms with Crippen LogP contribution in [0.1, 0.15) is 16.7 Å². The van der Waals surface area contributed by atoms with E-state index in [1.807, 2.05) is 91.0 Å². The summed E-state index contributed by atoms with van der Waals surface area (Å²) < 4.78 is 3.00. The number of halogens is 1. The van der Waals surface area contributed by atoms with Gasteiger partial charge < -0.3 is 0 Å². The third kappa shape index (κ3) is 2.99. The van der Waals surface area contributed by atoms with Gasteiger partial charge in [0.25, 0.3) is 5.56 Å². The Hall–Kier alpha value is -3.69. The zero-order chi connectivity index (χ0) is 25.1. The van der Waals surface area contributed by atoms with E-state index in [1.165, 1.54) is 16.0 Å². The van der Waals surface area contributed by atoms with Crippen LogP contribution in [0.2, 0.25) is 0 Å². The van der Waals surface area contributed by atoms with Crippen molar-refractivity contribution in [1.82, 2.24) is 14.5 Å². The molecular formula is C27H22BrN5O2S. The van der Waals surface area contributed by atoms with Crippen molar-refractivity contribution in [2.45, 2.75) is 11.3 Å². The van der Waals surface area contributed by atoms with E-state index in [-0.39, 0.29) is 11.6 Å². The Morgan fingerprint density at radius 3 is 2.11 bits per heavy atom. The molecule has 3 heterocycles. The molecule has 3 aromatic carbocycles. The van der Waals surface area contributed by atoms with E-state index in [0.29, 0.717) is 9.33 Å². The fourth-order valence-electron chi connectivity index (χ4n) is 5.23. The molecule has 7 nitrogen and oxygen atoms in total. The first kappa shape index (κ1) is 22.8. The second-order valence-electron chi connectivity index (χ2n) is 8.82. The average Bonchev–Trinajstić information content (AvgIpc) is 3.29. The molecule has 0 bridgehead atoms. The fraction of sp³-hybridized carbons (Fsp3) is 0.148. The van der Waals surface area contributed by atoms with Crippen LogP contribution >= 0.6 is 27.3 Å². The molecule has 0 aliphatic carbocycles. The number of carbonyl (C=O) groups excluding carboxylic acids is 1. The molecule has 2 unspecified atom stereocenters. The van der Waals surface area contributed by atoms with Crippen LogP contribution in [0.25, 0.3) is 6.08 Å². The Bertz CT molecular complexity index is 1650. The molecule has 2 aliphatic rings. The number of thiazole rings is 1. The molecule has 36 heavy (non-hydrogen) atoms. The van der Waals surface area contributed by atoms with Gasteiger partial charge in [0.1, 0.15) is 0 Å². The Labute approximate surface area is 219 Å². The van der Waals surface area contributed by atoms with Crippen LogP contribution in [0.3, 0.4) is 0 Å². The first-order chi connectivity index (χ1) is 17.4. The smallest absolute Gasteiger partial charge is 0.295 e. The van der Waals surface area contributed by atoms with Crippen LogP contribution in [0.5, 0.6) is 0 Å². The highest BCUT2D eigenvalue weighted by Gasteiger charge is 2.69. The predicted octanol–water partition coefficient (Wildman–Crippen LogP) is 3.38. The number of benzene rings is 3. The summed E-state index contributed by atoms with van der Waals surface area (Å²) in [5.74, 6) is 0. The predicted molar refractivity (Wildman–Crippen MR) is 144 cm³/mol. The standard InChI is InChI=1S/C27H22BrN5O2S/c1-31-25(35)32(2)27(20-11-7-4-8-12-20)26(31,19-9-5-3-6-10-19)29-24-33(30-27)23(34)22(36-24)17-18-13-15-21(28)16-14-18/h3-17,30H,1-2H3. The van der Waals surface area contributed by atoms with Crippen LogP contribution in [-0.4, -0.2) is 34.6 Å². The number of fused-ring (bicyclic) bond motifs is 2. The molecule has 180 valence electrons. The molecule has 1 aromatic heterocycles. The van der Waals surface area contributed by atoms with Gasteiger partial charge in [-0.3, -0.25) is 20.0 Å². The van der Waals surface area contributed by atoms with E-state index in [9.17, 15) is 9.59 Å². The molecule has 9 heteroatoms. The zero-order valence-electron chi connectivity index (χ0n) is 19.6. The molecule has 1 saturated heterocycles. The number of likely N-dealkylation sites (N-methyl/N-ethyl adjacent to an activating group) is 2. The maximum atomic E-state index is 13.7. The third-order valence-corrected chi connectivity index (χ3v) is 8.44. The van der Waals surface area contributed by atoms with Gasteiger partial charge in [0, 0.05) is 29.7 Å². The van der Waals surface area contributed by atoms with Gasteiger partial charge in [0.15, 0.2) is 0 Å². The number of nitrogens with one attached hydrogen (secondary N) is 1. The fourth-order valence-corrected chi connectivity index (χ4v) is 6.46. The highest BCUT2D eigenvalue weighted by Crippen LogP contribution is 2.53. The first-order valence-corrected chi connectivity index (χ1v) is 13.0. The lowest BCUT2D eigenvalue weighted by molar-refractivity contribution is 0.0648. The topological polar surface area (TPSA) is 69.9 Å². The number of aromatic nitrogens is 1. The summed E-state index contributed by atoms with van der Waals surface area (Å²) in [6.07, 6.45) is 1.86. The minimum atomic E-state index is -1.17. The maximum absolute atomic E-state index is 13.7. The Balaban J connectivity index is 1.70. The highest BCUT2D eigenvalue weighted by atomic mass is 79.9. The van der Waals surface area contributed by atoms with Crippen molar-refractivity contribution in [2.24, 2.45) is 4.99 Å². The molecule has 0 saturated carbocycles. The van der Waals surface area contributed by atoms with Crippen molar-refractivity contribution in [1.29, 1.82) is 0 Å². The van der Waals surface area contributed by atoms with Crippen LogP contribution in [-0.2, 0) is 11.3 Å². The van der Waals surface area contributed by atoms with E-state index in [2.05, 4.69) is 21.4 Å². The van der Waals surface area contributed by atoms with E-state index in [1.54, 1.807) is 23.9 Å². The van der Waals surface area contributed by atoms with E-state index >= 15 is 0 Å². The molecule has 0 spiro atoms. The summed E-state index contributed by atoms with van der Waals surface area (Å²) >= 11 is 4.75. The summed E-state index contributed by atoms with van der Waals surface area (Å²) in [4.78, 5) is 36.3. The minimum absolute atomic E-state index is 0.205. The van der Waals surface area contributed by atoms with E-state index in [4.69, 9.17) is 4.99 Å². The molecule has 6 rings (SSSR count). The van der Waals surface area contributed by atoms with E-state index in [0.717, 1.165) is 21.2 Å². The Kier molecular flexibility index (Phi) is 5.17. The Morgan fingerprint density at radius 1 is 0.861 bits per heavy atom. The lowest BCUT2D eigenvalue weighted by Gasteiger charge is -2.49. The first-order valence-electron chi connectivity index (χ1n) is 11.4. The number of rotatable bonds is 3. The quantitative estimate of drug-likeness (QED) is 0.418. The highest BCUT2D eigenvalue weighted by molar-refractivity contribution is 9.10. The van der Waals surface area contributed by atoms with Crippen LogP contribution < -0.4 is 20.3 Å². The normalized spacial score (nSPS) is 23.2. The van der Waals surface area contributed by atoms with Crippen LogP contribution in [0.4, 0.5) is 4.79 Å². The summed E-state index contributed by atoms with van der Waals surface area (Å²) in [6, 6.07) is 27.0. The SMILES string of the molecule is CN1C(=O)N(C)C2(c3ccccc3)Nn3c(sc(=Cc4ccc(Br)cc4)c3=O)=NC12c1ccccc1. The van der Waals surface area contributed by atoms with Crippen LogP contribution in [0.15, 0.2) is 99.2 Å². The average molecular weight is 560 g/mol. The molecule has 2 aliphatic heterocycles. The monoisotopic (exact) mass is 559 g/mol. The van der Waals surface area contributed by atoms with Gasteiger partial charge in [-0.2, -0.15) is 4.68 Å². The Morgan fingerprint density at radius 2 is 1.47 bits per heavy atom. The van der Waals surface area contributed by atoms with Crippen molar-refractivity contribution in [3.8, 4) is 0 Å².